The molecule has 15 heavy (non-hydrogen) atoms. The van der Waals surface area contributed by atoms with Crippen molar-refractivity contribution in [3.05, 3.63) is 18.2 Å². The number of hydrazone groups is 1. The summed E-state index contributed by atoms with van der Waals surface area (Å²) in [5, 5.41) is 5.79. The number of nitrogens with zero attached hydrogens (tertiary/aromatic N) is 4. The highest BCUT2D eigenvalue weighted by Crippen LogP contribution is 2.15. The van der Waals surface area contributed by atoms with Crippen LogP contribution < -0.4 is 0 Å². The summed E-state index contributed by atoms with van der Waals surface area (Å²) in [7, 11) is 1.90. The third-order valence-corrected chi connectivity index (χ3v) is 2.29. The highest BCUT2D eigenvalue weighted by Gasteiger charge is 2.27. The van der Waals surface area contributed by atoms with Crippen molar-refractivity contribution in [2.24, 2.45) is 12.1 Å². The molecule has 0 saturated carbocycles. The van der Waals surface area contributed by atoms with Crippen LogP contribution >= 0.6 is 0 Å². The number of aromatic nitrogens is 2. The maximum Gasteiger partial charge on any atom is 0.249 e. The molecular formula is C10H14N4O. The van der Waals surface area contributed by atoms with E-state index < -0.39 is 0 Å². The van der Waals surface area contributed by atoms with Crippen LogP contribution in [0.25, 0.3) is 0 Å². The van der Waals surface area contributed by atoms with E-state index in [1.807, 2.05) is 31.7 Å². The predicted molar refractivity (Wildman–Crippen MR) is 56.3 cm³/mol. The first-order valence-corrected chi connectivity index (χ1v) is 4.96. The summed E-state index contributed by atoms with van der Waals surface area (Å²) in [6, 6.07) is 0.110. The van der Waals surface area contributed by atoms with Crippen LogP contribution in [0.1, 0.15) is 26.0 Å². The average molecular weight is 206 g/mol. The van der Waals surface area contributed by atoms with E-state index in [4.69, 9.17) is 0 Å². The van der Waals surface area contributed by atoms with Gasteiger partial charge in [-0.15, -0.1) is 0 Å². The van der Waals surface area contributed by atoms with Crippen molar-refractivity contribution in [2.75, 3.05) is 0 Å². The Morgan fingerprint density at radius 1 is 1.47 bits per heavy atom. The van der Waals surface area contributed by atoms with Crippen LogP contribution in [-0.2, 0) is 11.8 Å². The topological polar surface area (TPSA) is 50.5 Å². The predicted octanol–water partition coefficient (Wildman–Crippen LogP) is 0.765. The standard InChI is InChI=1S/C10H14N4O/c1-7(2)14-10(15)4-8(12-14)9-5-13(3)6-11-9/h5-7H,4H2,1-3H3. The highest BCUT2D eigenvalue weighted by atomic mass is 16.2. The lowest BCUT2D eigenvalue weighted by molar-refractivity contribution is -0.130. The lowest BCUT2D eigenvalue weighted by Crippen LogP contribution is -2.27. The van der Waals surface area contributed by atoms with Crippen LogP contribution in [0.15, 0.2) is 17.6 Å². The normalized spacial score (nSPS) is 16.4. The molecule has 0 aromatic carbocycles. The number of carbonyl (C=O) groups excluding carboxylic acids is 1. The molecule has 1 aromatic heterocycles. The molecule has 80 valence electrons. The summed E-state index contributed by atoms with van der Waals surface area (Å²) >= 11 is 0. The van der Waals surface area contributed by atoms with Crippen LogP contribution in [0.3, 0.4) is 0 Å². The van der Waals surface area contributed by atoms with Gasteiger partial charge in [0.2, 0.25) is 5.91 Å². The Labute approximate surface area is 88.4 Å². The van der Waals surface area contributed by atoms with E-state index in [0.717, 1.165) is 11.4 Å². The minimum Gasteiger partial charge on any atom is -0.340 e. The molecular weight excluding hydrogens is 192 g/mol. The van der Waals surface area contributed by atoms with Gasteiger partial charge in [-0.1, -0.05) is 0 Å². The van der Waals surface area contributed by atoms with E-state index in [9.17, 15) is 4.79 Å². The van der Waals surface area contributed by atoms with E-state index in [1.165, 1.54) is 5.01 Å². The van der Waals surface area contributed by atoms with Gasteiger partial charge < -0.3 is 4.57 Å². The monoisotopic (exact) mass is 206 g/mol. The molecule has 2 rings (SSSR count). The Bertz CT molecular complexity index is 419. The van der Waals surface area contributed by atoms with Gasteiger partial charge in [0.05, 0.1) is 18.5 Å². The Kier molecular flexibility index (Phi) is 2.30. The second kappa shape index (κ2) is 3.49. The van der Waals surface area contributed by atoms with Gasteiger partial charge >= 0.3 is 0 Å². The number of carbonyl (C=O) groups is 1. The molecule has 0 aliphatic carbocycles. The number of hydrogen-bond donors (Lipinski definition) is 0. The first-order chi connectivity index (χ1) is 7.08. The first kappa shape index (κ1) is 9.89. The SMILES string of the molecule is CC(C)N1N=C(c2cn(C)cn2)CC1=O. The van der Waals surface area contributed by atoms with E-state index in [1.54, 1.807) is 6.33 Å². The number of rotatable bonds is 2. The van der Waals surface area contributed by atoms with Gasteiger partial charge in [-0.05, 0) is 13.8 Å². The van der Waals surface area contributed by atoms with Crippen LogP contribution in [-0.4, -0.2) is 32.2 Å². The van der Waals surface area contributed by atoms with Crippen molar-refractivity contribution in [1.29, 1.82) is 0 Å². The van der Waals surface area contributed by atoms with Gasteiger partial charge in [0.15, 0.2) is 0 Å². The van der Waals surface area contributed by atoms with Gasteiger partial charge in [0.25, 0.3) is 0 Å². The molecule has 0 spiro atoms. The van der Waals surface area contributed by atoms with Gasteiger partial charge in [-0.25, -0.2) is 9.99 Å². The molecule has 2 heterocycles. The summed E-state index contributed by atoms with van der Waals surface area (Å²) in [5.74, 6) is 0.0469. The molecule has 5 heteroatoms. The summed E-state index contributed by atoms with van der Waals surface area (Å²) < 4.78 is 1.85. The Hall–Kier alpha value is -1.65. The minimum atomic E-state index is 0.0469. The molecule has 0 N–H and O–H groups in total. The Balaban J connectivity index is 2.26. The first-order valence-electron chi connectivity index (χ1n) is 4.96. The fourth-order valence-electron chi connectivity index (χ4n) is 1.55. The third kappa shape index (κ3) is 1.77. The summed E-state index contributed by atoms with van der Waals surface area (Å²) in [6.07, 6.45) is 3.94. The molecule has 0 bridgehead atoms. The van der Waals surface area contributed by atoms with Crippen LogP contribution in [0.2, 0.25) is 0 Å². The molecule has 1 aromatic rings. The van der Waals surface area contributed by atoms with Crippen LogP contribution in [0.5, 0.6) is 0 Å². The van der Waals surface area contributed by atoms with Crippen molar-refractivity contribution in [2.45, 2.75) is 26.3 Å². The molecule has 0 atom stereocenters. The van der Waals surface area contributed by atoms with Gasteiger partial charge in [-0.2, -0.15) is 5.10 Å². The van der Waals surface area contributed by atoms with Crippen molar-refractivity contribution in [1.82, 2.24) is 14.6 Å². The summed E-state index contributed by atoms with van der Waals surface area (Å²) in [6.45, 7) is 3.89. The maximum atomic E-state index is 11.6. The highest BCUT2D eigenvalue weighted by molar-refractivity contribution is 6.12. The van der Waals surface area contributed by atoms with Crippen molar-refractivity contribution < 1.29 is 4.79 Å². The van der Waals surface area contributed by atoms with E-state index in [2.05, 4.69) is 10.1 Å². The van der Waals surface area contributed by atoms with Gasteiger partial charge in [0, 0.05) is 19.3 Å². The van der Waals surface area contributed by atoms with Crippen LogP contribution in [0.4, 0.5) is 0 Å². The zero-order valence-electron chi connectivity index (χ0n) is 9.14. The quantitative estimate of drug-likeness (QED) is 0.717. The molecule has 0 radical (unpaired) electrons. The lowest BCUT2D eigenvalue weighted by Gasteiger charge is -2.15. The number of hydrogen-bond acceptors (Lipinski definition) is 3. The fraction of sp³-hybridized carbons (Fsp3) is 0.500. The number of imidazole rings is 1. The second-order valence-corrected chi connectivity index (χ2v) is 3.98. The molecule has 1 aliphatic rings. The smallest absolute Gasteiger partial charge is 0.249 e. The van der Waals surface area contributed by atoms with Crippen molar-refractivity contribution >= 4 is 11.6 Å². The Morgan fingerprint density at radius 3 is 2.67 bits per heavy atom. The second-order valence-electron chi connectivity index (χ2n) is 3.98. The van der Waals surface area contributed by atoms with Crippen LogP contribution in [0, 0.1) is 0 Å². The maximum absolute atomic E-state index is 11.6. The average Bonchev–Trinajstić information content (AvgIpc) is 2.71. The summed E-state index contributed by atoms with van der Waals surface area (Å²) in [5.41, 5.74) is 1.54. The minimum absolute atomic E-state index is 0.0469. The number of amides is 1. The van der Waals surface area contributed by atoms with Gasteiger partial charge in [0.1, 0.15) is 5.69 Å². The Morgan fingerprint density at radius 2 is 2.20 bits per heavy atom. The molecule has 1 aliphatic heterocycles. The third-order valence-electron chi connectivity index (χ3n) is 2.29. The van der Waals surface area contributed by atoms with E-state index >= 15 is 0 Å². The van der Waals surface area contributed by atoms with Crippen molar-refractivity contribution in [3.8, 4) is 0 Å². The molecule has 0 fully saturated rings. The zero-order valence-corrected chi connectivity index (χ0v) is 9.14. The van der Waals surface area contributed by atoms with Gasteiger partial charge in [-0.3, -0.25) is 4.79 Å². The lowest BCUT2D eigenvalue weighted by atomic mass is 10.2. The van der Waals surface area contributed by atoms with Crippen molar-refractivity contribution in [3.63, 3.8) is 0 Å². The largest absolute Gasteiger partial charge is 0.340 e. The van der Waals surface area contributed by atoms with E-state index in [0.29, 0.717) is 6.42 Å². The number of aryl methyl sites for hydroxylation is 1. The fourth-order valence-corrected chi connectivity index (χ4v) is 1.55. The zero-order chi connectivity index (χ0) is 11.0. The molecule has 0 saturated heterocycles. The summed E-state index contributed by atoms with van der Waals surface area (Å²) in [4.78, 5) is 15.8. The molecule has 1 amide bonds. The molecule has 5 nitrogen and oxygen atoms in total. The molecule has 0 unspecified atom stereocenters. The van der Waals surface area contributed by atoms with E-state index in [-0.39, 0.29) is 11.9 Å².